The van der Waals surface area contributed by atoms with Crippen molar-refractivity contribution in [2.45, 2.75) is 51.0 Å². The van der Waals surface area contributed by atoms with Crippen LogP contribution in [0, 0.1) is 0 Å². The van der Waals surface area contributed by atoms with Crippen molar-refractivity contribution in [1.82, 2.24) is 0 Å². The van der Waals surface area contributed by atoms with Crippen molar-refractivity contribution >= 4 is 15.2 Å². The molecule has 1 saturated heterocycles. The summed E-state index contributed by atoms with van der Waals surface area (Å²) in [4.78, 5) is 10.6. The van der Waals surface area contributed by atoms with Gasteiger partial charge in [0.15, 0.2) is 12.1 Å². The monoisotopic (exact) mass is 250 g/mol. The molecule has 0 bridgehead atoms. The van der Waals surface area contributed by atoms with E-state index in [0.29, 0.717) is 0 Å². The van der Waals surface area contributed by atoms with E-state index < -0.39 is 12.1 Å². The van der Waals surface area contributed by atoms with Gasteiger partial charge in [0.05, 0.1) is 6.10 Å². The Bertz CT molecular complexity index is 250. The van der Waals surface area contributed by atoms with Crippen LogP contribution in [0.1, 0.15) is 27.2 Å². The van der Waals surface area contributed by atoms with E-state index in [-0.39, 0.29) is 24.3 Å². The minimum absolute atomic E-state index is 0.0898. The number of hydrogen-bond acceptors (Lipinski definition) is 5. The summed E-state index contributed by atoms with van der Waals surface area (Å²) in [5.74, 6) is -1.55. The second kappa shape index (κ2) is 5.41. The molecule has 1 N–H and O–H groups in total. The lowest BCUT2D eigenvalue weighted by molar-refractivity contribution is -0.269. The van der Waals surface area contributed by atoms with Crippen molar-refractivity contribution in [3.05, 3.63) is 0 Å². The summed E-state index contributed by atoms with van der Waals surface area (Å²) in [6, 6.07) is 0. The maximum absolute atomic E-state index is 10.6. The number of carbonyl (C=O) groups excluding carboxylic acids is 1. The minimum Gasteiger partial charge on any atom is -0.463 e. The molecule has 4 atom stereocenters. The first-order chi connectivity index (χ1) is 7.28. The van der Waals surface area contributed by atoms with Gasteiger partial charge in [0.2, 0.25) is 0 Å². The number of ether oxygens (including phenoxy) is 3. The molecule has 94 valence electrons. The van der Waals surface area contributed by atoms with Gasteiger partial charge < -0.3 is 19.3 Å². The van der Waals surface area contributed by atoms with Crippen LogP contribution < -0.4 is 0 Å². The van der Waals surface area contributed by atoms with E-state index in [0.717, 1.165) is 6.42 Å². The van der Waals surface area contributed by atoms with Crippen LogP contribution in [0.5, 0.6) is 0 Å². The van der Waals surface area contributed by atoms with Gasteiger partial charge in [0, 0.05) is 12.6 Å². The third kappa shape index (κ3) is 4.74. The highest BCUT2D eigenvalue weighted by atomic mass is 31.0. The van der Waals surface area contributed by atoms with Crippen LogP contribution in [0.3, 0.4) is 0 Å². The van der Waals surface area contributed by atoms with Gasteiger partial charge in [-0.3, -0.25) is 4.79 Å². The van der Waals surface area contributed by atoms with Gasteiger partial charge in [-0.2, -0.15) is 0 Å². The Balaban J connectivity index is 2.38. The van der Waals surface area contributed by atoms with Crippen LogP contribution in [0.25, 0.3) is 0 Å². The van der Waals surface area contributed by atoms with E-state index >= 15 is 0 Å². The minimum atomic E-state index is -1.23. The molecule has 1 rings (SSSR count). The maximum atomic E-state index is 10.6. The van der Waals surface area contributed by atoms with Gasteiger partial charge in [0.1, 0.15) is 6.61 Å². The predicted molar refractivity (Wildman–Crippen MR) is 60.8 cm³/mol. The van der Waals surface area contributed by atoms with E-state index in [9.17, 15) is 9.90 Å². The Labute approximate surface area is 97.6 Å². The molecule has 0 aromatic rings. The molecule has 16 heavy (non-hydrogen) atoms. The van der Waals surface area contributed by atoms with Gasteiger partial charge in [-0.1, -0.05) is 0 Å². The van der Waals surface area contributed by atoms with E-state index in [1.54, 1.807) is 13.8 Å². The average molecular weight is 250 g/mol. The topological polar surface area (TPSA) is 65.0 Å². The number of hydrogen-bond donors (Lipinski definition) is 1. The zero-order valence-electron chi connectivity index (χ0n) is 9.80. The van der Waals surface area contributed by atoms with E-state index in [4.69, 9.17) is 14.2 Å². The molecule has 1 unspecified atom stereocenters. The molecule has 0 aromatic heterocycles. The van der Waals surface area contributed by atoms with Crippen LogP contribution >= 0.6 is 9.24 Å². The summed E-state index contributed by atoms with van der Waals surface area (Å²) in [7, 11) is 2.61. The largest absolute Gasteiger partial charge is 0.463 e. The van der Waals surface area contributed by atoms with E-state index in [2.05, 4.69) is 9.24 Å². The Morgan fingerprint density at radius 2 is 2.25 bits per heavy atom. The number of rotatable bonds is 4. The molecule has 0 aromatic carbocycles. The van der Waals surface area contributed by atoms with Gasteiger partial charge in [-0.25, -0.2) is 0 Å². The summed E-state index contributed by atoms with van der Waals surface area (Å²) in [6.07, 6.45) is 0.0721. The maximum Gasteiger partial charge on any atom is 0.302 e. The van der Waals surface area contributed by atoms with Crippen LogP contribution in [-0.2, 0) is 19.0 Å². The predicted octanol–water partition coefficient (Wildman–Crippen LogP) is 0.653. The Kier molecular flexibility index (Phi) is 4.68. The smallest absolute Gasteiger partial charge is 0.302 e. The molecular formula is C10H19O5P. The molecule has 0 radical (unpaired) electrons. The molecule has 1 aliphatic heterocycles. The van der Waals surface area contributed by atoms with Crippen LogP contribution in [0.4, 0.5) is 0 Å². The van der Waals surface area contributed by atoms with E-state index in [1.807, 2.05) is 0 Å². The third-order valence-corrected chi connectivity index (χ3v) is 2.67. The Morgan fingerprint density at radius 3 is 2.75 bits per heavy atom. The summed E-state index contributed by atoms with van der Waals surface area (Å²) < 4.78 is 15.7. The normalized spacial score (nSPS) is 30.4. The zero-order valence-corrected chi connectivity index (χ0v) is 11.0. The summed E-state index contributed by atoms with van der Waals surface area (Å²) >= 11 is 0. The molecule has 1 heterocycles. The first kappa shape index (κ1) is 13.8. The molecule has 0 saturated carbocycles. The molecule has 6 heteroatoms. The van der Waals surface area contributed by atoms with Crippen LogP contribution in [0.2, 0.25) is 0 Å². The van der Waals surface area contributed by atoms with Gasteiger partial charge in [-0.15, -0.1) is 9.24 Å². The third-order valence-electron chi connectivity index (χ3n) is 2.09. The molecule has 0 amide bonds. The lowest BCUT2D eigenvalue weighted by Gasteiger charge is -2.25. The van der Waals surface area contributed by atoms with Crippen molar-refractivity contribution in [1.29, 1.82) is 0 Å². The van der Waals surface area contributed by atoms with Crippen molar-refractivity contribution in [2.24, 2.45) is 0 Å². The van der Waals surface area contributed by atoms with E-state index in [1.165, 1.54) is 6.92 Å². The molecule has 5 nitrogen and oxygen atoms in total. The fraction of sp³-hybridized carbons (Fsp3) is 0.900. The lowest BCUT2D eigenvalue weighted by atomic mass is 10.2. The Hall–Kier alpha value is -0.220. The Morgan fingerprint density at radius 1 is 1.62 bits per heavy atom. The van der Waals surface area contributed by atoms with Crippen molar-refractivity contribution in [3.63, 3.8) is 0 Å². The quantitative estimate of drug-likeness (QED) is 0.451. The van der Waals surface area contributed by atoms with Gasteiger partial charge >= 0.3 is 5.97 Å². The standard InChI is InChI=1S/C10H19O5P/c1-6(11)13-5-7-4-8(16)9(14-7)15-10(2,3)12/h7-9,12H,4-5,16H2,1-3H3/t7-,8+,9-/m0/s1. The molecule has 1 aliphatic rings. The number of aliphatic hydroxyl groups is 1. The highest BCUT2D eigenvalue weighted by molar-refractivity contribution is 7.17. The number of esters is 1. The van der Waals surface area contributed by atoms with Gasteiger partial charge in [-0.05, 0) is 20.3 Å². The number of carbonyl (C=O) groups is 1. The summed E-state index contributed by atoms with van der Waals surface area (Å²) in [6.45, 7) is 4.68. The summed E-state index contributed by atoms with van der Waals surface area (Å²) in [5, 5.41) is 9.50. The SMILES string of the molecule is CC(=O)OC[C@@H]1C[C@@H](P)[C@H](OC(C)(C)O)O1. The molecular weight excluding hydrogens is 231 g/mol. The first-order valence-electron chi connectivity index (χ1n) is 5.22. The van der Waals surface area contributed by atoms with Crippen LogP contribution in [-0.4, -0.2) is 41.5 Å². The van der Waals surface area contributed by atoms with Crippen molar-refractivity contribution in [3.8, 4) is 0 Å². The van der Waals surface area contributed by atoms with Crippen LogP contribution in [0.15, 0.2) is 0 Å². The fourth-order valence-electron chi connectivity index (χ4n) is 1.48. The van der Waals surface area contributed by atoms with Crippen molar-refractivity contribution in [2.75, 3.05) is 6.61 Å². The van der Waals surface area contributed by atoms with Gasteiger partial charge in [0.25, 0.3) is 0 Å². The zero-order chi connectivity index (χ0) is 12.3. The average Bonchev–Trinajstić information content (AvgIpc) is 2.41. The lowest BCUT2D eigenvalue weighted by Crippen LogP contribution is -2.33. The highest BCUT2D eigenvalue weighted by Gasteiger charge is 2.36. The molecule has 1 fully saturated rings. The fourth-order valence-corrected chi connectivity index (χ4v) is 1.95. The first-order valence-corrected chi connectivity index (χ1v) is 5.89. The molecule has 0 spiro atoms. The van der Waals surface area contributed by atoms with Crippen molar-refractivity contribution < 1.29 is 24.1 Å². The highest BCUT2D eigenvalue weighted by Crippen LogP contribution is 2.30. The molecule has 0 aliphatic carbocycles. The second-order valence-corrected chi connectivity index (χ2v) is 5.25. The summed E-state index contributed by atoms with van der Waals surface area (Å²) in [5.41, 5.74) is 0.0898. The second-order valence-electron chi connectivity index (χ2n) is 4.39.